The molecule has 1 aromatic heterocycles. The topological polar surface area (TPSA) is 77.7 Å². The van der Waals surface area contributed by atoms with Gasteiger partial charge in [0.25, 0.3) is 5.91 Å². The van der Waals surface area contributed by atoms with Crippen LogP contribution in [0.5, 0.6) is 11.5 Å². The Labute approximate surface area is 133 Å². The van der Waals surface area contributed by atoms with Crippen molar-refractivity contribution in [2.24, 2.45) is 0 Å². The number of carbonyl (C=O) groups is 1. The molecular weight excluding hydrogens is 298 g/mol. The summed E-state index contributed by atoms with van der Waals surface area (Å²) in [4.78, 5) is 18.9. The summed E-state index contributed by atoms with van der Waals surface area (Å²) in [6.45, 7) is 3.32. The molecule has 120 valence electrons. The zero-order valence-electron chi connectivity index (χ0n) is 12.8. The zero-order chi connectivity index (χ0) is 15.8. The predicted molar refractivity (Wildman–Crippen MR) is 79.5 cm³/mol. The molecule has 1 fully saturated rings. The Morgan fingerprint density at radius 3 is 3.00 bits per heavy atom. The van der Waals surface area contributed by atoms with E-state index in [0.717, 1.165) is 19.4 Å². The molecule has 3 heterocycles. The number of benzene rings is 1. The summed E-state index contributed by atoms with van der Waals surface area (Å²) in [5.41, 5.74) is 0.610. The number of rotatable bonds is 2. The number of ether oxygens (including phenoxy) is 2. The molecular formula is C16H17N3O4. The standard InChI is InChI=1S/C16H17N3O4/c1-10-17-15(18-23-10)12-3-2-6-19(8-12)16(20)11-4-5-13-14(7-11)22-9-21-13/h4-5,7,12H,2-3,6,8-9H2,1H3/t12-/m0/s1. The Bertz CT molecular complexity index is 743. The molecule has 0 unspecified atom stereocenters. The van der Waals surface area contributed by atoms with Crippen LogP contribution in [0.3, 0.4) is 0 Å². The Hall–Kier alpha value is -2.57. The van der Waals surface area contributed by atoms with E-state index in [1.165, 1.54) is 0 Å². The number of likely N-dealkylation sites (tertiary alicyclic amines) is 1. The predicted octanol–water partition coefficient (Wildman–Crippen LogP) is 2.13. The van der Waals surface area contributed by atoms with Crippen molar-refractivity contribution in [1.82, 2.24) is 15.0 Å². The highest BCUT2D eigenvalue weighted by molar-refractivity contribution is 5.95. The van der Waals surface area contributed by atoms with Crippen molar-refractivity contribution in [3.63, 3.8) is 0 Å². The van der Waals surface area contributed by atoms with Crippen LogP contribution in [0.1, 0.15) is 40.8 Å². The van der Waals surface area contributed by atoms with Crippen LogP contribution in [0.2, 0.25) is 0 Å². The molecule has 0 spiro atoms. The fourth-order valence-corrected chi connectivity index (χ4v) is 3.07. The Kier molecular flexibility index (Phi) is 3.40. The van der Waals surface area contributed by atoms with Crippen LogP contribution in [0, 0.1) is 6.92 Å². The molecule has 7 heteroatoms. The molecule has 0 radical (unpaired) electrons. The smallest absolute Gasteiger partial charge is 0.254 e. The largest absolute Gasteiger partial charge is 0.454 e. The van der Waals surface area contributed by atoms with Crippen LogP contribution in [-0.4, -0.2) is 40.8 Å². The highest BCUT2D eigenvalue weighted by Gasteiger charge is 2.29. The lowest BCUT2D eigenvalue weighted by Gasteiger charge is -2.31. The van der Waals surface area contributed by atoms with Gasteiger partial charge in [-0.1, -0.05) is 5.16 Å². The van der Waals surface area contributed by atoms with Crippen molar-refractivity contribution in [1.29, 1.82) is 0 Å². The quantitative estimate of drug-likeness (QED) is 0.845. The first-order chi connectivity index (χ1) is 11.2. The third kappa shape index (κ3) is 2.62. The Morgan fingerprint density at radius 1 is 1.30 bits per heavy atom. The Morgan fingerprint density at radius 2 is 2.17 bits per heavy atom. The second-order valence-corrected chi connectivity index (χ2v) is 5.83. The summed E-state index contributed by atoms with van der Waals surface area (Å²) < 4.78 is 15.7. The highest BCUT2D eigenvalue weighted by Crippen LogP contribution is 2.33. The lowest BCUT2D eigenvalue weighted by atomic mass is 9.96. The maximum atomic E-state index is 12.7. The number of hydrogen-bond donors (Lipinski definition) is 0. The number of piperidine rings is 1. The van der Waals surface area contributed by atoms with Gasteiger partial charge in [0.1, 0.15) is 0 Å². The summed E-state index contributed by atoms with van der Waals surface area (Å²) in [6, 6.07) is 5.30. The fraction of sp³-hybridized carbons (Fsp3) is 0.438. The van der Waals surface area contributed by atoms with Gasteiger partial charge in [-0.25, -0.2) is 0 Å². The van der Waals surface area contributed by atoms with Gasteiger partial charge in [-0.3, -0.25) is 4.79 Å². The maximum Gasteiger partial charge on any atom is 0.254 e. The van der Waals surface area contributed by atoms with Gasteiger partial charge in [0, 0.05) is 31.5 Å². The molecule has 1 saturated heterocycles. The van der Waals surface area contributed by atoms with Crippen LogP contribution in [0.4, 0.5) is 0 Å². The van der Waals surface area contributed by atoms with E-state index >= 15 is 0 Å². The van der Waals surface area contributed by atoms with Crippen molar-refractivity contribution in [3.8, 4) is 11.5 Å². The third-order valence-corrected chi connectivity index (χ3v) is 4.24. The first-order valence-corrected chi connectivity index (χ1v) is 7.70. The monoisotopic (exact) mass is 315 g/mol. The number of amides is 1. The molecule has 0 saturated carbocycles. The maximum absolute atomic E-state index is 12.7. The molecule has 0 N–H and O–H groups in total. The first-order valence-electron chi connectivity index (χ1n) is 7.70. The van der Waals surface area contributed by atoms with Crippen LogP contribution in [0.25, 0.3) is 0 Å². The van der Waals surface area contributed by atoms with Crippen molar-refractivity contribution in [2.45, 2.75) is 25.7 Å². The van der Waals surface area contributed by atoms with E-state index in [1.807, 2.05) is 4.90 Å². The van der Waals surface area contributed by atoms with Gasteiger partial charge in [0.05, 0.1) is 0 Å². The molecule has 1 amide bonds. The number of aromatic nitrogens is 2. The fourth-order valence-electron chi connectivity index (χ4n) is 3.07. The first kappa shape index (κ1) is 14.0. The number of hydrogen-bond acceptors (Lipinski definition) is 6. The molecule has 4 rings (SSSR count). The number of nitrogens with zero attached hydrogens (tertiary/aromatic N) is 3. The molecule has 1 atom stereocenters. The minimum absolute atomic E-state index is 0.00628. The molecule has 2 aromatic rings. The third-order valence-electron chi connectivity index (χ3n) is 4.24. The van der Waals surface area contributed by atoms with Crippen LogP contribution >= 0.6 is 0 Å². The van der Waals surface area contributed by atoms with Crippen molar-refractivity contribution in [3.05, 3.63) is 35.5 Å². The van der Waals surface area contributed by atoms with E-state index in [1.54, 1.807) is 25.1 Å². The van der Waals surface area contributed by atoms with E-state index in [-0.39, 0.29) is 18.6 Å². The Balaban J connectivity index is 1.51. The minimum Gasteiger partial charge on any atom is -0.454 e. The van der Waals surface area contributed by atoms with Gasteiger partial charge in [-0.2, -0.15) is 4.98 Å². The lowest BCUT2D eigenvalue weighted by molar-refractivity contribution is 0.0703. The van der Waals surface area contributed by atoms with Gasteiger partial charge >= 0.3 is 0 Å². The van der Waals surface area contributed by atoms with E-state index in [0.29, 0.717) is 35.3 Å². The minimum atomic E-state index is -0.00628. The molecule has 1 aromatic carbocycles. The summed E-state index contributed by atoms with van der Waals surface area (Å²) in [5.74, 6) is 2.66. The van der Waals surface area contributed by atoms with Crippen molar-refractivity contribution < 1.29 is 18.8 Å². The average Bonchev–Trinajstić information content (AvgIpc) is 3.22. The summed E-state index contributed by atoms with van der Waals surface area (Å²) in [7, 11) is 0. The molecule has 7 nitrogen and oxygen atoms in total. The number of carbonyl (C=O) groups excluding carboxylic acids is 1. The van der Waals surface area contributed by atoms with Crippen LogP contribution in [0.15, 0.2) is 22.7 Å². The second kappa shape index (κ2) is 5.57. The van der Waals surface area contributed by atoms with Crippen molar-refractivity contribution in [2.75, 3.05) is 19.9 Å². The van der Waals surface area contributed by atoms with Gasteiger partial charge in [-0.05, 0) is 31.0 Å². The van der Waals surface area contributed by atoms with Gasteiger partial charge in [-0.15, -0.1) is 0 Å². The van der Waals surface area contributed by atoms with E-state index in [2.05, 4.69) is 10.1 Å². The molecule has 23 heavy (non-hydrogen) atoms. The summed E-state index contributed by atoms with van der Waals surface area (Å²) in [5, 5.41) is 3.99. The number of fused-ring (bicyclic) bond motifs is 1. The second-order valence-electron chi connectivity index (χ2n) is 5.83. The number of aryl methyl sites for hydroxylation is 1. The van der Waals surface area contributed by atoms with E-state index in [4.69, 9.17) is 14.0 Å². The molecule has 2 aliphatic heterocycles. The van der Waals surface area contributed by atoms with Crippen LogP contribution in [-0.2, 0) is 0 Å². The van der Waals surface area contributed by atoms with Gasteiger partial charge in [0.15, 0.2) is 17.3 Å². The van der Waals surface area contributed by atoms with Gasteiger partial charge in [0.2, 0.25) is 12.7 Å². The van der Waals surface area contributed by atoms with E-state index in [9.17, 15) is 4.79 Å². The molecule has 2 aliphatic rings. The normalized spacial score (nSPS) is 19.9. The zero-order valence-corrected chi connectivity index (χ0v) is 12.8. The SMILES string of the molecule is Cc1nc([C@H]2CCCN(C(=O)c3ccc4c(c3)OCO4)C2)no1. The van der Waals surface area contributed by atoms with Crippen molar-refractivity contribution >= 4 is 5.91 Å². The summed E-state index contributed by atoms with van der Waals surface area (Å²) >= 11 is 0. The average molecular weight is 315 g/mol. The lowest BCUT2D eigenvalue weighted by Crippen LogP contribution is -2.39. The molecule has 0 aliphatic carbocycles. The van der Waals surface area contributed by atoms with Gasteiger partial charge < -0.3 is 18.9 Å². The summed E-state index contributed by atoms with van der Waals surface area (Å²) in [6.07, 6.45) is 1.89. The highest BCUT2D eigenvalue weighted by atomic mass is 16.7. The molecule has 0 bridgehead atoms. The van der Waals surface area contributed by atoms with E-state index < -0.39 is 0 Å². The van der Waals surface area contributed by atoms with Crippen LogP contribution < -0.4 is 9.47 Å².